The molecule has 3 N–H and O–H groups in total. The number of hydrogen-bond donors (Lipinski definition) is 2. The first-order chi connectivity index (χ1) is 9.20. The molecule has 9 heteroatoms. The topological polar surface area (TPSA) is 106 Å². The SMILES string of the molecule is Cc1oc(S(=O)(=O)N(C)C)cc1C(=O)NCC(C)CN.Cl. The number of nitrogens with two attached hydrogens (primary N) is 1. The van der Waals surface area contributed by atoms with E-state index in [1.807, 2.05) is 6.92 Å². The molecule has 1 amide bonds. The predicted octanol–water partition coefficient (Wildman–Crippen LogP) is 0.585. The van der Waals surface area contributed by atoms with Crippen LogP contribution in [-0.4, -0.2) is 45.8 Å². The summed E-state index contributed by atoms with van der Waals surface area (Å²) in [5.74, 6) is 0.0474. The molecule has 0 bridgehead atoms. The molecule has 7 nitrogen and oxygen atoms in total. The van der Waals surface area contributed by atoms with E-state index < -0.39 is 10.0 Å². The Morgan fingerprint density at radius 3 is 2.52 bits per heavy atom. The third kappa shape index (κ3) is 4.70. The van der Waals surface area contributed by atoms with Crippen molar-refractivity contribution in [2.45, 2.75) is 18.9 Å². The van der Waals surface area contributed by atoms with Gasteiger partial charge in [0.2, 0.25) is 5.09 Å². The Bertz CT molecular complexity index is 583. The number of hydrogen-bond acceptors (Lipinski definition) is 5. The lowest BCUT2D eigenvalue weighted by atomic mass is 10.2. The van der Waals surface area contributed by atoms with Crippen LogP contribution in [0.25, 0.3) is 0 Å². The molecule has 1 atom stereocenters. The van der Waals surface area contributed by atoms with Gasteiger partial charge in [0.25, 0.3) is 15.9 Å². The second-order valence-electron chi connectivity index (χ2n) is 4.87. The molecule has 0 fully saturated rings. The molecule has 1 heterocycles. The van der Waals surface area contributed by atoms with Gasteiger partial charge in [-0.2, -0.15) is 0 Å². The number of carbonyl (C=O) groups excluding carboxylic acids is 1. The molecule has 21 heavy (non-hydrogen) atoms. The molecule has 0 spiro atoms. The van der Waals surface area contributed by atoms with Crippen molar-refractivity contribution in [3.8, 4) is 0 Å². The normalized spacial score (nSPS) is 12.9. The van der Waals surface area contributed by atoms with Crippen molar-refractivity contribution in [3.05, 3.63) is 17.4 Å². The Hall–Kier alpha value is -1.09. The molecule has 0 aliphatic rings. The Morgan fingerprint density at radius 1 is 1.48 bits per heavy atom. The van der Waals surface area contributed by atoms with Gasteiger partial charge in [-0.1, -0.05) is 6.92 Å². The minimum absolute atomic E-state index is 0. The van der Waals surface area contributed by atoms with Crippen LogP contribution in [0.5, 0.6) is 0 Å². The number of nitrogens with one attached hydrogen (secondary N) is 1. The zero-order valence-electron chi connectivity index (χ0n) is 12.5. The first-order valence-electron chi connectivity index (χ1n) is 6.21. The van der Waals surface area contributed by atoms with Crippen molar-refractivity contribution in [2.75, 3.05) is 27.2 Å². The summed E-state index contributed by atoms with van der Waals surface area (Å²) in [5.41, 5.74) is 5.68. The maximum atomic E-state index is 12.0. The first kappa shape index (κ1) is 19.9. The van der Waals surface area contributed by atoms with Crippen LogP contribution in [0.1, 0.15) is 23.0 Å². The first-order valence-corrected chi connectivity index (χ1v) is 7.65. The summed E-state index contributed by atoms with van der Waals surface area (Å²) in [6.45, 7) is 4.35. The fourth-order valence-corrected chi connectivity index (χ4v) is 2.29. The summed E-state index contributed by atoms with van der Waals surface area (Å²) in [7, 11) is -0.884. The largest absolute Gasteiger partial charge is 0.448 e. The predicted molar refractivity (Wildman–Crippen MR) is 82.1 cm³/mol. The number of furan rings is 1. The summed E-state index contributed by atoms with van der Waals surface area (Å²) in [4.78, 5) is 12.0. The van der Waals surface area contributed by atoms with Crippen molar-refractivity contribution in [1.29, 1.82) is 0 Å². The van der Waals surface area contributed by atoms with E-state index in [1.54, 1.807) is 6.92 Å². The van der Waals surface area contributed by atoms with Crippen LogP contribution in [-0.2, 0) is 10.0 Å². The zero-order valence-corrected chi connectivity index (χ0v) is 14.2. The molecule has 0 saturated heterocycles. The second-order valence-corrected chi connectivity index (χ2v) is 6.96. The van der Waals surface area contributed by atoms with Crippen LogP contribution in [0, 0.1) is 12.8 Å². The van der Waals surface area contributed by atoms with Gasteiger partial charge in [0, 0.05) is 26.7 Å². The molecule has 1 unspecified atom stereocenters. The minimum atomic E-state index is -3.68. The van der Waals surface area contributed by atoms with E-state index in [-0.39, 0.29) is 40.6 Å². The van der Waals surface area contributed by atoms with E-state index in [0.29, 0.717) is 13.1 Å². The Balaban J connectivity index is 0.00000400. The number of carbonyl (C=O) groups is 1. The van der Waals surface area contributed by atoms with Crippen LogP contribution in [0.3, 0.4) is 0 Å². The van der Waals surface area contributed by atoms with Crippen LogP contribution in [0.15, 0.2) is 15.6 Å². The highest BCUT2D eigenvalue weighted by atomic mass is 35.5. The fraction of sp³-hybridized carbons (Fsp3) is 0.583. The van der Waals surface area contributed by atoms with Gasteiger partial charge >= 0.3 is 0 Å². The quantitative estimate of drug-likeness (QED) is 0.788. The molecule has 122 valence electrons. The summed E-state index contributed by atoms with van der Waals surface area (Å²) in [5, 5.41) is 2.46. The van der Waals surface area contributed by atoms with Gasteiger partial charge in [-0.15, -0.1) is 12.4 Å². The van der Waals surface area contributed by atoms with E-state index in [0.717, 1.165) is 4.31 Å². The fourth-order valence-electron chi connectivity index (χ4n) is 1.43. The molecule has 1 aromatic rings. The lowest BCUT2D eigenvalue weighted by molar-refractivity contribution is 0.0947. The summed E-state index contributed by atoms with van der Waals surface area (Å²) < 4.78 is 30.0. The Labute approximate surface area is 131 Å². The van der Waals surface area contributed by atoms with Gasteiger partial charge in [0.05, 0.1) is 5.56 Å². The Kier molecular flexibility index (Phi) is 7.38. The maximum absolute atomic E-state index is 12.0. The summed E-state index contributed by atoms with van der Waals surface area (Å²) in [6, 6.07) is 1.24. The number of nitrogens with zero attached hydrogens (tertiary/aromatic N) is 1. The number of sulfonamides is 1. The van der Waals surface area contributed by atoms with Crippen LogP contribution >= 0.6 is 12.4 Å². The van der Waals surface area contributed by atoms with Crippen molar-refractivity contribution >= 4 is 28.3 Å². The highest BCUT2D eigenvalue weighted by Gasteiger charge is 2.25. The van der Waals surface area contributed by atoms with Gasteiger partial charge in [-0.25, -0.2) is 12.7 Å². The molecular formula is C12H22ClN3O4S. The van der Waals surface area contributed by atoms with E-state index >= 15 is 0 Å². The van der Waals surface area contributed by atoms with Crippen LogP contribution in [0.4, 0.5) is 0 Å². The molecule has 0 saturated carbocycles. The van der Waals surface area contributed by atoms with Crippen molar-refractivity contribution in [3.63, 3.8) is 0 Å². The third-order valence-corrected chi connectivity index (χ3v) is 4.56. The van der Waals surface area contributed by atoms with Crippen molar-refractivity contribution < 1.29 is 17.6 Å². The van der Waals surface area contributed by atoms with Crippen LogP contribution < -0.4 is 11.1 Å². The smallest absolute Gasteiger partial charge is 0.275 e. The summed E-state index contributed by atoms with van der Waals surface area (Å²) >= 11 is 0. The summed E-state index contributed by atoms with van der Waals surface area (Å²) in [6.07, 6.45) is 0. The molecule has 0 aromatic carbocycles. The minimum Gasteiger partial charge on any atom is -0.448 e. The Morgan fingerprint density at radius 2 is 2.05 bits per heavy atom. The van der Waals surface area contributed by atoms with E-state index in [4.69, 9.17) is 10.2 Å². The average Bonchev–Trinajstić information content (AvgIpc) is 2.78. The third-order valence-electron chi connectivity index (χ3n) is 2.89. The van der Waals surface area contributed by atoms with Crippen LogP contribution in [0.2, 0.25) is 0 Å². The van der Waals surface area contributed by atoms with E-state index in [9.17, 15) is 13.2 Å². The number of rotatable bonds is 6. The van der Waals surface area contributed by atoms with Gasteiger partial charge in [0.1, 0.15) is 5.76 Å². The van der Waals surface area contributed by atoms with Gasteiger partial charge in [0.15, 0.2) is 0 Å². The molecule has 1 rings (SSSR count). The van der Waals surface area contributed by atoms with Gasteiger partial charge in [-0.3, -0.25) is 4.79 Å². The lowest BCUT2D eigenvalue weighted by Gasteiger charge is -2.09. The number of aryl methyl sites for hydroxylation is 1. The van der Waals surface area contributed by atoms with E-state index in [1.165, 1.54) is 20.2 Å². The molecule has 1 aromatic heterocycles. The molecule has 0 aliphatic carbocycles. The zero-order chi connectivity index (χ0) is 15.5. The molecule has 0 aliphatic heterocycles. The van der Waals surface area contributed by atoms with E-state index in [2.05, 4.69) is 5.32 Å². The van der Waals surface area contributed by atoms with Gasteiger partial charge < -0.3 is 15.5 Å². The monoisotopic (exact) mass is 339 g/mol. The van der Waals surface area contributed by atoms with Crippen molar-refractivity contribution in [2.24, 2.45) is 11.7 Å². The highest BCUT2D eigenvalue weighted by molar-refractivity contribution is 7.88. The number of halogens is 1. The maximum Gasteiger partial charge on any atom is 0.275 e. The van der Waals surface area contributed by atoms with Gasteiger partial charge in [-0.05, 0) is 19.4 Å². The standard InChI is InChI=1S/C12H21N3O4S.ClH/c1-8(6-13)7-14-12(16)10-5-11(19-9(10)2)20(17,18)15(3)4;/h5,8H,6-7,13H2,1-4H3,(H,14,16);1H. The highest BCUT2D eigenvalue weighted by Crippen LogP contribution is 2.21. The second kappa shape index (κ2) is 7.79. The molecule has 0 radical (unpaired) electrons. The average molecular weight is 340 g/mol. The van der Waals surface area contributed by atoms with Crippen molar-refractivity contribution in [1.82, 2.24) is 9.62 Å². The molecular weight excluding hydrogens is 318 g/mol. The number of amides is 1. The lowest BCUT2D eigenvalue weighted by Crippen LogP contribution is -2.31.